The van der Waals surface area contributed by atoms with Gasteiger partial charge in [0.1, 0.15) is 5.75 Å². The van der Waals surface area contributed by atoms with Gasteiger partial charge in [-0.25, -0.2) is 0 Å². The molecule has 0 saturated carbocycles. The van der Waals surface area contributed by atoms with Crippen LogP contribution in [-0.2, 0) is 4.79 Å². The predicted molar refractivity (Wildman–Crippen MR) is 82.5 cm³/mol. The molecule has 0 radical (unpaired) electrons. The Labute approximate surface area is 128 Å². The number of hydrogen-bond donors (Lipinski definition) is 0. The van der Waals surface area contributed by atoms with Crippen molar-refractivity contribution in [1.82, 2.24) is 9.55 Å². The third-order valence-corrected chi connectivity index (χ3v) is 3.81. The lowest BCUT2D eigenvalue weighted by atomic mass is 10.2. The van der Waals surface area contributed by atoms with Gasteiger partial charge in [0.2, 0.25) is 5.91 Å². The highest BCUT2D eigenvalue weighted by atomic mass is 79.9. The Hall–Kier alpha value is -2.21. The molecule has 0 aliphatic rings. The van der Waals surface area contributed by atoms with E-state index in [0.717, 1.165) is 21.8 Å². The Kier molecular flexibility index (Phi) is 3.25. The first-order chi connectivity index (χ1) is 9.99. The first-order valence-electron chi connectivity index (χ1n) is 6.26. The number of rotatable bonds is 1. The third kappa shape index (κ3) is 2.21. The zero-order valence-corrected chi connectivity index (χ0v) is 13.0. The Morgan fingerprint density at radius 2 is 1.95 bits per heavy atom. The molecule has 1 aromatic carbocycles. The summed E-state index contributed by atoms with van der Waals surface area (Å²) in [5.74, 6) is -0.0726. The fourth-order valence-corrected chi connectivity index (χ4v) is 2.85. The van der Waals surface area contributed by atoms with Crippen molar-refractivity contribution in [3.63, 3.8) is 0 Å². The molecule has 0 unspecified atom stereocenters. The summed E-state index contributed by atoms with van der Waals surface area (Å²) in [4.78, 5) is 27.2. The maximum absolute atomic E-state index is 11.9. The van der Waals surface area contributed by atoms with E-state index in [0.29, 0.717) is 10.2 Å². The molecular formula is C15H11BrN2O3. The highest BCUT2D eigenvalue weighted by Gasteiger charge is 2.16. The fourth-order valence-electron chi connectivity index (χ4n) is 2.44. The summed E-state index contributed by atoms with van der Waals surface area (Å²) in [6.07, 6.45) is 3.32. The molecule has 3 rings (SSSR count). The lowest BCUT2D eigenvalue weighted by Crippen LogP contribution is -2.05. The summed E-state index contributed by atoms with van der Waals surface area (Å²) in [5, 5.41) is 1.72. The highest BCUT2D eigenvalue weighted by Crippen LogP contribution is 2.36. The maximum atomic E-state index is 11.9. The van der Waals surface area contributed by atoms with Gasteiger partial charge in [0.15, 0.2) is 0 Å². The Balaban J connectivity index is 2.43. The molecule has 0 aliphatic heterocycles. The SMILES string of the molecule is CC(=O)Oc1cc2c3ccncc3n(C(C)=O)c2cc1Br. The lowest BCUT2D eigenvalue weighted by Gasteiger charge is -2.06. The number of ether oxygens (including phenoxy) is 1. The van der Waals surface area contributed by atoms with Crippen LogP contribution in [0.1, 0.15) is 18.6 Å². The van der Waals surface area contributed by atoms with Gasteiger partial charge in [-0.15, -0.1) is 0 Å². The van der Waals surface area contributed by atoms with E-state index in [1.807, 2.05) is 6.07 Å². The van der Waals surface area contributed by atoms with Crippen LogP contribution < -0.4 is 4.74 Å². The van der Waals surface area contributed by atoms with Gasteiger partial charge in [-0.05, 0) is 34.1 Å². The monoisotopic (exact) mass is 346 g/mol. The van der Waals surface area contributed by atoms with Crippen LogP contribution in [0.5, 0.6) is 5.75 Å². The average Bonchev–Trinajstić information content (AvgIpc) is 2.72. The zero-order valence-electron chi connectivity index (χ0n) is 11.4. The topological polar surface area (TPSA) is 61.2 Å². The molecule has 0 saturated heterocycles. The van der Waals surface area contributed by atoms with E-state index in [4.69, 9.17) is 4.74 Å². The molecule has 3 aromatic rings. The second-order valence-electron chi connectivity index (χ2n) is 4.64. The van der Waals surface area contributed by atoms with Crippen molar-refractivity contribution in [3.05, 3.63) is 35.1 Å². The number of carbonyl (C=O) groups excluding carboxylic acids is 2. The van der Waals surface area contributed by atoms with Crippen molar-refractivity contribution in [2.24, 2.45) is 0 Å². The van der Waals surface area contributed by atoms with Gasteiger partial charge < -0.3 is 4.74 Å². The standard InChI is InChI=1S/C15H11BrN2O3/c1-8(19)18-13-6-12(16)15(21-9(2)20)5-11(13)10-3-4-17-7-14(10)18/h3-7H,1-2H3. The van der Waals surface area contributed by atoms with E-state index < -0.39 is 5.97 Å². The van der Waals surface area contributed by atoms with Gasteiger partial charge in [0.25, 0.3) is 0 Å². The molecule has 0 atom stereocenters. The number of esters is 1. The number of nitrogens with zero attached hydrogens (tertiary/aromatic N) is 2. The molecule has 2 aromatic heterocycles. The summed E-state index contributed by atoms with van der Waals surface area (Å²) < 4.78 is 7.39. The van der Waals surface area contributed by atoms with Gasteiger partial charge in [-0.1, -0.05) is 0 Å². The second kappa shape index (κ2) is 4.96. The Morgan fingerprint density at radius 3 is 2.62 bits per heavy atom. The van der Waals surface area contributed by atoms with Crippen molar-refractivity contribution in [1.29, 1.82) is 0 Å². The van der Waals surface area contributed by atoms with E-state index in [2.05, 4.69) is 20.9 Å². The molecule has 106 valence electrons. The quantitative estimate of drug-likeness (QED) is 0.499. The Morgan fingerprint density at radius 1 is 1.19 bits per heavy atom. The normalized spacial score (nSPS) is 11.0. The minimum Gasteiger partial charge on any atom is -0.425 e. The number of pyridine rings is 1. The molecule has 0 fully saturated rings. The first kappa shape index (κ1) is 13.8. The lowest BCUT2D eigenvalue weighted by molar-refractivity contribution is -0.131. The van der Waals surface area contributed by atoms with Crippen LogP contribution in [0.3, 0.4) is 0 Å². The minimum absolute atomic E-state index is 0.102. The Bertz CT molecular complexity index is 899. The van der Waals surface area contributed by atoms with Crippen molar-refractivity contribution in [3.8, 4) is 5.75 Å². The second-order valence-corrected chi connectivity index (χ2v) is 5.50. The summed E-state index contributed by atoms with van der Waals surface area (Å²) in [6.45, 7) is 2.85. The fraction of sp³-hybridized carbons (Fsp3) is 0.133. The van der Waals surface area contributed by atoms with Gasteiger partial charge in [-0.3, -0.25) is 19.1 Å². The molecule has 0 spiro atoms. The third-order valence-electron chi connectivity index (χ3n) is 3.19. The summed E-state index contributed by atoms with van der Waals surface area (Å²) in [5.41, 5.74) is 1.47. The number of fused-ring (bicyclic) bond motifs is 3. The average molecular weight is 347 g/mol. The molecule has 5 nitrogen and oxygen atoms in total. The van der Waals surface area contributed by atoms with Crippen LogP contribution in [0.4, 0.5) is 0 Å². The van der Waals surface area contributed by atoms with Gasteiger partial charge in [-0.2, -0.15) is 0 Å². The number of aromatic nitrogens is 2. The molecule has 6 heteroatoms. The molecule has 21 heavy (non-hydrogen) atoms. The van der Waals surface area contributed by atoms with Crippen molar-refractivity contribution < 1.29 is 14.3 Å². The van der Waals surface area contributed by atoms with Crippen LogP contribution in [0, 0.1) is 0 Å². The van der Waals surface area contributed by atoms with Crippen LogP contribution in [0.15, 0.2) is 35.1 Å². The van der Waals surface area contributed by atoms with E-state index >= 15 is 0 Å². The van der Waals surface area contributed by atoms with Gasteiger partial charge in [0, 0.05) is 30.8 Å². The van der Waals surface area contributed by atoms with Gasteiger partial charge in [0.05, 0.1) is 21.7 Å². The number of halogens is 1. The molecule has 0 N–H and O–H groups in total. The van der Waals surface area contributed by atoms with E-state index in [1.54, 1.807) is 29.1 Å². The first-order valence-corrected chi connectivity index (χ1v) is 7.05. The smallest absolute Gasteiger partial charge is 0.308 e. The maximum Gasteiger partial charge on any atom is 0.308 e. The number of benzene rings is 1. The van der Waals surface area contributed by atoms with Crippen molar-refractivity contribution >= 4 is 49.6 Å². The van der Waals surface area contributed by atoms with Crippen molar-refractivity contribution in [2.75, 3.05) is 0 Å². The van der Waals surface area contributed by atoms with Crippen LogP contribution in [0.2, 0.25) is 0 Å². The van der Waals surface area contributed by atoms with E-state index in [1.165, 1.54) is 13.8 Å². The minimum atomic E-state index is -0.396. The van der Waals surface area contributed by atoms with E-state index in [9.17, 15) is 9.59 Å². The molecule has 0 aliphatic carbocycles. The summed E-state index contributed by atoms with van der Waals surface area (Å²) in [6, 6.07) is 5.36. The number of hydrogen-bond acceptors (Lipinski definition) is 4. The van der Waals surface area contributed by atoms with Crippen LogP contribution in [-0.4, -0.2) is 21.4 Å². The predicted octanol–water partition coefficient (Wildman–Crippen LogP) is 3.54. The molecule has 2 heterocycles. The van der Waals surface area contributed by atoms with Crippen LogP contribution >= 0.6 is 15.9 Å². The summed E-state index contributed by atoms with van der Waals surface area (Å²) in [7, 11) is 0. The van der Waals surface area contributed by atoms with E-state index in [-0.39, 0.29) is 5.91 Å². The summed E-state index contributed by atoms with van der Waals surface area (Å²) >= 11 is 3.37. The largest absolute Gasteiger partial charge is 0.425 e. The van der Waals surface area contributed by atoms with Gasteiger partial charge >= 0.3 is 5.97 Å². The number of carbonyl (C=O) groups is 2. The molecule has 0 bridgehead atoms. The molecular weight excluding hydrogens is 336 g/mol. The zero-order chi connectivity index (χ0) is 15.1. The van der Waals surface area contributed by atoms with Crippen LogP contribution in [0.25, 0.3) is 21.8 Å². The highest BCUT2D eigenvalue weighted by molar-refractivity contribution is 9.10. The molecule has 0 amide bonds. The van der Waals surface area contributed by atoms with Crippen molar-refractivity contribution in [2.45, 2.75) is 13.8 Å².